The average Bonchev–Trinajstić information content (AvgIpc) is 2.62. The molecule has 0 saturated carbocycles. The summed E-state index contributed by atoms with van der Waals surface area (Å²) < 4.78 is 5.47. The number of benzene rings is 2. The zero-order valence-electron chi connectivity index (χ0n) is 14.0. The van der Waals surface area contributed by atoms with Crippen LogP contribution in [0.5, 0.6) is 5.75 Å². The van der Waals surface area contributed by atoms with Crippen LogP contribution in [-0.4, -0.2) is 44.7 Å². The van der Waals surface area contributed by atoms with E-state index in [9.17, 15) is 0 Å². The highest BCUT2D eigenvalue weighted by Gasteiger charge is 2.18. The van der Waals surface area contributed by atoms with Crippen molar-refractivity contribution in [3.63, 3.8) is 0 Å². The van der Waals surface area contributed by atoms with Crippen LogP contribution < -0.4 is 9.64 Å². The van der Waals surface area contributed by atoms with E-state index in [4.69, 9.17) is 16.3 Å². The number of halogens is 1. The predicted molar refractivity (Wildman–Crippen MR) is 102 cm³/mol. The first kappa shape index (κ1) is 16.9. The van der Waals surface area contributed by atoms with E-state index in [0.29, 0.717) is 0 Å². The first-order valence-electron chi connectivity index (χ1n) is 8.29. The van der Waals surface area contributed by atoms with Crippen molar-refractivity contribution >= 4 is 23.4 Å². The molecule has 0 spiro atoms. The first-order valence-corrected chi connectivity index (χ1v) is 8.66. The Balaban J connectivity index is 1.52. The number of rotatable bonds is 5. The molecule has 24 heavy (non-hydrogen) atoms. The number of ether oxygens (including phenoxy) is 1. The van der Waals surface area contributed by atoms with Crippen molar-refractivity contribution in [2.24, 2.45) is 0 Å². The first-order chi connectivity index (χ1) is 11.8. The fourth-order valence-electron chi connectivity index (χ4n) is 3.01. The van der Waals surface area contributed by atoms with E-state index in [1.54, 1.807) is 7.11 Å². The number of piperazine rings is 1. The van der Waals surface area contributed by atoms with Crippen LogP contribution in [0.15, 0.2) is 54.6 Å². The van der Waals surface area contributed by atoms with Gasteiger partial charge in [-0.25, -0.2) is 0 Å². The Bertz CT molecular complexity index is 694. The van der Waals surface area contributed by atoms with Crippen LogP contribution in [0.2, 0.25) is 5.02 Å². The van der Waals surface area contributed by atoms with E-state index in [1.807, 2.05) is 30.3 Å². The van der Waals surface area contributed by atoms with E-state index >= 15 is 0 Å². The standard InChI is InChI=1S/C20H23ClN2O/c1-24-20-10-3-2-9-19(20)23-14-12-22(13-15-23)11-5-7-17-6-4-8-18(21)16-17/h2-10,16H,11-15H2,1H3/b7-5+. The SMILES string of the molecule is COc1ccccc1N1CCN(C/C=C/c2cccc(Cl)c2)CC1. The van der Waals surface area contributed by atoms with Crippen molar-refractivity contribution < 1.29 is 4.74 Å². The molecule has 0 bridgehead atoms. The molecule has 0 aliphatic carbocycles. The maximum Gasteiger partial charge on any atom is 0.142 e. The lowest BCUT2D eigenvalue weighted by molar-refractivity contribution is 0.283. The Labute approximate surface area is 149 Å². The van der Waals surface area contributed by atoms with Gasteiger partial charge in [0.2, 0.25) is 0 Å². The van der Waals surface area contributed by atoms with Crippen molar-refractivity contribution in [1.82, 2.24) is 4.90 Å². The van der Waals surface area contributed by atoms with E-state index in [-0.39, 0.29) is 0 Å². The van der Waals surface area contributed by atoms with Crippen LogP contribution in [0, 0.1) is 0 Å². The van der Waals surface area contributed by atoms with Crippen molar-refractivity contribution in [1.29, 1.82) is 0 Å². The van der Waals surface area contributed by atoms with Crippen LogP contribution in [0.4, 0.5) is 5.69 Å². The molecule has 0 aromatic heterocycles. The Morgan fingerprint density at radius 2 is 1.83 bits per heavy atom. The second kappa shape index (κ2) is 8.22. The number of hydrogen-bond donors (Lipinski definition) is 0. The van der Waals surface area contributed by atoms with Crippen molar-refractivity contribution in [3.8, 4) is 5.75 Å². The Hall–Kier alpha value is -1.97. The molecule has 0 N–H and O–H groups in total. The number of anilines is 1. The molecule has 0 amide bonds. The fourth-order valence-corrected chi connectivity index (χ4v) is 3.21. The Morgan fingerprint density at radius 1 is 1.04 bits per heavy atom. The summed E-state index contributed by atoms with van der Waals surface area (Å²) >= 11 is 6.01. The summed E-state index contributed by atoms with van der Waals surface area (Å²) in [5, 5.41) is 0.780. The summed E-state index contributed by atoms with van der Waals surface area (Å²) in [4.78, 5) is 4.86. The lowest BCUT2D eigenvalue weighted by Gasteiger charge is -2.36. The number of para-hydroxylation sites is 2. The number of methoxy groups -OCH3 is 1. The van der Waals surface area contributed by atoms with Gasteiger partial charge in [0.1, 0.15) is 5.75 Å². The van der Waals surface area contributed by atoms with Gasteiger partial charge in [-0.2, -0.15) is 0 Å². The highest BCUT2D eigenvalue weighted by Crippen LogP contribution is 2.28. The molecular formula is C20H23ClN2O. The predicted octanol–water partition coefficient (Wildman–Crippen LogP) is 4.18. The maximum absolute atomic E-state index is 6.01. The minimum Gasteiger partial charge on any atom is -0.495 e. The summed E-state index contributed by atoms with van der Waals surface area (Å²) in [7, 11) is 1.73. The van der Waals surface area contributed by atoms with Crippen molar-refractivity contribution in [3.05, 3.63) is 65.2 Å². The van der Waals surface area contributed by atoms with Crippen LogP contribution in [0.1, 0.15) is 5.56 Å². The molecule has 1 aliphatic heterocycles. The van der Waals surface area contributed by atoms with Crippen LogP contribution >= 0.6 is 11.6 Å². The van der Waals surface area contributed by atoms with Gasteiger partial charge in [-0.15, -0.1) is 0 Å². The van der Waals surface area contributed by atoms with Crippen molar-refractivity contribution in [2.75, 3.05) is 44.7 Å². The van der Waals surface area contributed by atoms with Crippen LogP contribution in [-0.2, 0) is 0 Å². The molecule has 1 heterocycles. The quantitative estimate of drug-likeness (QED) is 0.810. The molecule has 2 aromatic rings. The molecule has 3 nitrogen and oxygen atoms in total. The van der Waals surface area contributed by atoms with Gasteiger partial charge in [-0.05, 0) is 29.8 Å². The normalized spacial score (nSPS) is 15.8. The summed E-state index contributed by atoms with van der Waals surface area (Å²) in [5.41, 5.74) is 2.34. The summed E-state index contributed by atoms with van der Waals surface area (Å²) in [6, 6.07) is 16.2. The average molecular weight is 343 g/mol. The van der Waals surface area contributed by atoms with Crippen LogP contribution in [0.25, 0.3) is 6.08 Å². The Kier molecular flexibility index (Phi) is 5.78. The lowest BCUT2D eigenvalue weighted by Crippen LogP contribution is -2.46. The lowest BCUT2D eigenvalue weighted by atomic mass is 10.2. The van der Waals surface area contributed by atoms with E-state index in [2.05, 4.69) is 40.2 Å². The smallest absolute Gasteiger partial charge is 0.142 e. The van der Waals surface area contributed by atoms with Crippen molar-refractivity contribution in [2.45, 2.75) is 0 Å². The maximum atomic E-state index is 6.01. The molecule has 3 rings (SSSR count). The highest BCUT2D eigenvalue weighted by atomic mass is 35.5. The summed E-state index contributed by atoms with van der Waals surface area (Å²) in [6.07, 6.45) is 4.35. The monoisotopic (exact) mass is 342 g/mol. The summed E-state index contributed by atoms with van der Waals surface area (Å²) in [5.74, 6) is 0.951. The largest absolute Gasteiger partial charge is 0.495 e. The van der Waals surface area contributed by atoms with Gasteiger partial charge in [-0.3, -0.25) is 4.90 Å². The molecule has 126 valence electrons. The number of nitrogens with zero attached hydrogens (tertiary/aromatic N) is 2. The fraction of sp³-hybridized carbons (Fsp3) is 0.300. The van der Waals surface area contributed by atoms with Gasteiger partial charge in [0, 0.05) is 37.7 Å². The molecule has 0 unspecified atom stereocenters. The van der Waals surface area contributed by atoms with Gasteiger partial charge >= 0.3 is 0 Å². The molecule has 1 saturated heterocycles. The molecule has 1 fully saturated rings. The minimum atomic E-state index is 0.780. The Morgan fingerprint density at radius 3 is 2.58 bits per heavy atom. The van der Waals surface area contributed by atoms with Gasteiger partial charge in [0.25, 0.3) is 0 Å². The van der Waals surface area contributed by atoms with Gasteiger partial charge in [0.05, 0.1) is 12.8 Å². The second-order valence-corrected chi connectivity index (χ2v) is 6.35. The van der Waals surface area contributed by atoms with Gasteiger partial charge in [-0.1, -0.05) is 48.0 Å². The zero-order valence-corrected chi connectivity index (χ0v) is 14.7. The summed E-state index contributed by atoms with van der Waals surface area (Å²) in [6.45, 7) is 5.11. The number of hydrogen-bond acceptors (Lipinski definition) is 3. The van der Waals surface area contributed by atoms with Crippen LogP contribution in [0.3, 0.4) is 0 Å². The third kappa shape index (κ3) is 4.31. The molecule has 2 aromatic carbocycles. The minimum absolute atomic E-state index is 0.780. The van der Waals surface area contributed by atoms with Gasteiger partial charge in [0.15, 0.2) is 0 Å². The third-order valence-corrected chi connectivity index (χ3v) is 4.56. The third-order valence-electron chi connectivity index (χ3n) is 4.32. The van der Waals surface area contributed by atoms with Gasteiger partial charge < -0.3 is 9.64 Å². The van der Waals surface area contributed by atoms with E-state index in [0.717, 1.165) is 49.1 Å². The topological polar surface area (TPSA) is 15.7 Å². The molecular weight excluding hydrogens is 320 g/mol. The molecule has 4 heteroatoms. The van der Waals surface area contributed by atoms with E-state index in [1.165, 1.54) is 5.69 Å². The highest BCUT2D eigenvalue weighted by molar-refractivity contribution is 6.30. The second-order valence-electron chi connectivity index (χ2n) is 5.92. The zero-order chi connectivity index (χ0) is 16.8. The molecule has 0 atom stereocenters. The molecule has 1 aliphatic rings. The molecule has 0 radical (unpaired) electrons. The van der Waals surface area contributed by atoms with E-state index < -0.39 is 0 Å².